The molecule has 0 radical (unpaired) electrons. The van der Waals surface area contributed by atoms with E-state index in [9.17, 15) is 0 Å². The molecular weight excluding hydrogens is 210 g/mol. The molecule has 3 heteroatoms. The van der Waals surface area contributed by atoms with E-state index >= 15 is 0 Å². The summed E-state index contributed by atoms with van der Waals surface area (Å²) in [7, 11) is 0. The number of nitrogens with zero attached hydrogens (tertiary/aromatic N) is 2. The van der Waals surface area contributed by atoms with Gasteiger partial charge in [0.15, 0.2) is 0 Å². The molecule has 2 rings (SSSR count). The molecule has 0 saturated heterocycles. The van der Waals surface area contributed by atoms with E-state index in [0.29, 0.717) is 0 Å². The van der Waals surface area contributed by atoms with E-state index in [1.165, 1.54) is 19.3 Å². The van der Waals surface area contributed by atoms with Crippen molar-refractivity contribution in [2.45, 2.75) is 32.6 Å². The number of benzene rings is 1. The Morgan fingerprint density at radius 3 is 2.82 bits per heavy atom. The van der Waals surface area contributed by atoms with Gasteiger partial charge in [-0.3, -0.25) is 10.4 Å². The van der Waals surface area contributed by atoms with Gasteiger partial charge in [0, 0.05) is 13.0 Å². The van der Waals surface area contributed by atoms with Crippen LogP contribution in [0.3, 0.4) is 0 Å². The quantitative estimate of drug-likeness (QED) is 0.614. The van der Waals surface area contributed by atoms with Crippen LogP contribution < -0.4 is 5.43 Å². The normalized spacial score (nSPS) is 17.2. The van der Waals surface area contributed by atoms with Crippen LogP contribution >= 0.6 is 0 Å². The molecule has 1 aromatic carbocycles. The third kappa shape index (κ3) is 3.70. The number of hydrogen-bond acceptors (Lipinski definition) is 3. The van der Waals surface area contributed by atoms with Crippen LogP contribution in [0, 0.1) is 0 Å². The molecule has 3 nitrogen and oxygen atoms in total. The van der Waals surface area contributed by atoms with Gasteiger partial charge in [-0.15, -0.1) is 0 Å². The Labute approximate surface area is 103 Å². The molecule has 0 amide bonds. The summed E-state index contributed by atoms with van der Waals surface area (Å²) in [6.45, 7) is 2.95. The highest BCUT2D eigenvalue weighted by Crippen LogP contribution is 2.06. The average molecular weight is 229 g/mol. The van der Waals surface area contributed by atoms with Crippen molar-refractivity contribution >= 4 is 11.5 Å². The maximum atomic E-state index is 4.49. The van der Waals surface area contributed by atoms with Crippen LogP contribution in [0.1, 0.15) is 38.2 Å². The molecule has 0 bridgehead atoms. The van der Waals surface area contributed by atoms with Gasteiger partial charge >= 0.3 is 0 Å². The number of rotatable bonds is 2. The van der Waals surface area contributed by atoms with Crippen LogP contribution in [0.2, 0.25) is 0 Å². The molecule has 0 fully saturated rings. The monoisotopic (exact) mass is 229 g/mol. The summed E-state index contributed by atoms with van der Waals surface area (Å²) < 4.78 is 0. The average Bonchev–Trinajstić information content (AvgIpc) is 2.65. The van der Waals surface area contributed by atoms with Gasteiger partial charge in [0.2, 0.25) is 0 Å². The summed E-state index contributed by atoms with van der Waals surface area (Å²) in [5, 5.41) is 4.40. The zero-order chi connectivity index (χ0) is 11.9. The molecule has 0 aliphatic carbocycles. The smallest absolute Gasteiger partial charge is 0.117 e. The van der Waals surface area contributed by atoms with Crippen LogP contribution in [0.4, 0.5) is 0 Å². The van der Waals surface area contributed by atoms with Gasteiger partial charge in [0.1, 0.15) is 5.84 Å². The Hall–Kier alpha value is -1.64. The second kappa shape index (κ2) is 6.18. The summed E-state index contributed by atoms with van der Waals surface area (Å²) in [5.41, 5.74) is 5.24. The van der Waals surface area contributed by atoms with Crippen LogP contribution in [-0.2, 0) is 0 Å². The lowest BCUT2D eigenvalue weighted by molar-refractivity contribution is 0.729. The van der Waals surface area contributed by atoms with E-state index < -0.39 is 0 Å². The van der Waals surface area contributed by atoms with E-state index in [0.717, 1.165) is 30.1 Å². The number of aliphatic imine (C=N–C) groups is 1. The Morgan fingerprint density at radius 1 is 1.18 bits per heavy atom. The first-order chi connectivity index (χ1) is 8.36. The van der Waals surface area contributed by atoms with Crippen molar-refractivity contribution in [2.75, 3.05) is 6.54 Å². The van der Waals surface area contributed by atoms with Crippen molar-refractivity contribution in [3.8, 4) is 0 Å². The molecule has 1 aliphatic heterocycles. The fraction of sp³-hybridized carbons (Fsp3) is 0.429. The van der Waals surface area contributed by atoms with E-state index in [4.69, 9.17) is 0 Å². The number of amidine groups is 1. The highest BCUT2D eigenvalue weighted by molar-refractivity contribution is 5.99. The zero-order valence-corrected chi connectivity index (χ0v) is 10.3. The lowest BCUT2D eigenvalue weighted by Crippen LogP contribution is -2.19. The molecule has 17 heavy (non-hydrogen) atoms. The summed E-state index contributed by atoms with van der Waals surface area (Å²) in [5.74, 6) is 1.03. The highest BCUT2D eigenvalue weighted by Gasteiger charge is 2.03. The lowest BCUT2D eigenvalue weighted by Gasteiger charge is -2.05. The van der Waals surface area contributed by atoms with Crippen molar-refractivity contribution in [1.29, 1.82) is 0 Å². The van der Waals surface area contributed by atoms with Crippen LogP contribution in [0.5, 0.6) is 0 Å². The van der Waals surface area contributed by atoms with Gasteiger partial charge in [-0.2, -0.15) is 5.10 Å². The number of nitrogens with one attached hydrogen (secondary N) is 1. The second-order valence-corrected chi connectivity index (χ2v) is 4.31. The van der Waals surface area contributed by atoms with Crippen molar-refractivity contribution in [2.24, 2.45) is 10.1 Å². The fourth-order valence-corrected chi connectivity index (χ4v) is 1.86. The fourth-order valence-electron chi connectivity index (χ4n) is 1.86. The van der Waals surface area contributed by atoms with Crippen LogP contribution in [0.15, 0.2) is 40.4 Å². The van der Waals surface area contributed by atoms with Crippen molar-refractivity contribution < 1.29 is 0 Å². The third-order valence-electron chi connectivity index (χ3n) is 2.92. The molecule has 0 aromatic heterocycles. The molecule has 1 heterocycles. The largest absolute Gasteiger partial charge is 0.271 e. The van der Waals surface area contributed by atoms with Gasteiger partial charge in [0.25, 0.3) is 0 Å². The maximum absolute atomic E-state index is 4.49. The lowest BCUT2D eigenvalue weighted by atomic mass is 10.1. The second-order valence-electron chi connectivity index (χ2n) is 4.31. The van der Waals surface area contributed by atoms with Gasteiger partial charge in [0.05, 0.1) is 5.71 Å². The Balaban J connectivity index is 1.98. The minimum absolute atomic E-state index is 0.933. The Kier molecular flexibility index (Phi) is 4.30. The van der Waals surface area contributed by atoms with E-state index in [1.54, 1.807) is 0 Å². The van der Waals surface area contributed by atoms with E-state index in [2.05, 4.69) is 27.7 Å². The van der Waals surface area contributed by atoms with Crippen LogP contribution in [0.25, 0.3) is 0 Å². The first-order valence-electron chi connectivity index (χ1n) is 6.25. The molecule has 1 N–H and O–H groups in total. The highest BCUT2D eigenvalue weighted by atomic mass is 15.3. The van der Waals surface area contributed by atoms with Crippen molar-refractivity contribution in [3.05, 3.63) is 35.9 Å². The molecule has 0 unspecified atom stereocenters. The minimum atomic E-state index is 0.933. The first-order valence-corrected chi connectivity index (χ1v) is 6.25. The predicted octanol–water partition coefficient (Wildman–Crippen LogP) is 2.97. The summed E-state index contributed by atoms with van der Waals surface area (Å²) in [6.07, 6.45) is 4.71. The predicted molar refractivity (Wildman–Crippen MR) is 72.6 cm³/mol. The van der Waals surface area contributed by atoms with Crippen LogP contribution in [-0.4, -0.2) is 18.1 Å². The summed E-state index contributed by atoms with van der Waals surface area (Å²) in [6, 6.07) is 10.2. The number of hydrazone groups is 1. The summed E-state index contributed by atoms with van der Waals surface area (Å²) >= 11 is 0. The molecule has 0 spiro atoms. The SMILES string of the molecule is C/C(=N\NC1=NCCCCC1)c1ccccc1. The molecule has 90 valence electrons. The van der Waals surface area contributed by atoms with Gasteiger partial charge in [-0.05, 0) is 25.3 Å². The molecular formula is C14H19N3. The first kappa shape index (κ1) is 11.8. The topological polar surface area (TPSA) is 36.8 Å². The van der Waals surface area contributed by atoms with E-state index in [-0.39, 0.29) is 0 Å². The number of hydrogen-bond donors (Lipinski definition) is 1. The minimum Gasteiger partial charge on any atom is -0.271 e. The molecule has 1 aliphatic rings. The molecule has 1 aromatic rings. The Morgan fingerprint density at radius 2 is 2.00 bits per heavy atom. The Bertz CT molecular complexity index is 407. The van der Waals surface area contributed by atoms with Crippen molar-refractivity contribution in [1.82, 2.24) is 5.43 Å². The van der Waals surface area contributed by atoms with Gasteiger partial charge < -0.3 is 0 Å². The third-order valence-corrected chi connectivity index (χ3v) is 2.92. The van der Waals surface area contributed by atoms with Crippen molar-refractivity contribution in [3.63, 3.8) is 0 Å². The molecule has 0 atom stereocenters. The van der Waals surface area contributed by atoms with Gasteiger partial charge in [-0.25, -0.2) is 0 Å². The standard InChI is InChI=1S/C14H19N3/c1-12(13-8-4-2-5-9-13)16-17-14-10-6-3-7-11-15-14/h2,4-5,8-9H,3,6-7,10-11H2,1H3,(H,15,17)/b16-12+. The van der Waals surface area contributed by atoms with Gasteiger partial charge in [-0.1, -0.05) is 36.8 Å². The molecule has 0 saturated carbocycles. The maximum Gasteiger partial charge on any atom is 0.117 e. The summed E-state index contributed by atoms with van der Waals surface area (Å²) in [4.78, 5) is 4.49. The van der Waals surface area contributed by atoms with E-state index in [1.807, 2.05) is 25.1 Å². The zero-order valence-electron chi connectivity index (χ0n) is 10.3.